The van der Waals surface area contributed by atoms with Crippen molar-refractivity contribution >= 4 is 23.6 Å². The number of carbonyl (C=O) groups excluding carboxylic acids is 2. The van der Waals surface area contributed by atoms with Gasteiger partial charge in [-0.15, -0.1) is 0 Å². The van der Waals surface area contributed by atoms with Crippen molar-refractivity contribution < 1.29 is 19.5 Å². The molecule has 0 aliphatic heterocycles. The number of amides is 3. The number of hydrogen-bond acceptors (Lipinski definition) is 4. The van der Waals surface area contributed by atoms with Gasteiger partial charge in [0.25, 0.3) is 5.91 Å². The molecule has 0 aromatic heterocycles. The average molecular weight is 341 g/mol. The number of hydrogen-bond donors (Lipinski definition) is 4. The number of aromatic carboxylic acids is 1. The second-order valence-electron chi connectivity index (χ2n) is 5.58. The summed E-state index contributed by atoms with van der Waals surface area (Å²) >= 11 is 0. The highest BCUT2D eigenvalue weighted by Crippen LogP contribution is 2.17. The van der Waals surface area contributed by atoms with Crippen LogP contribution < -0.4 is 16.4 Å². The molecule has 2 aromatic rings. The second kappa shape index (κ2) is 7.48. The first kappa shape index (κ1) is 18.0. The monoisotopic (exact) mass is 341 g/mol. The molecule has 0 unspecified atom stereocenters. The van der Waals surface area contributed by atoms with Crippen molar-refractivity contribution in [3.05, 3.63) is 64.2 Å². The summed E-state index contributed by atoms with van der Waals surface area (Å²) in [6.07, 6.45) is 0. The van der Waals surface area contributed by atoms with Crippen LogP contribution in [0.15, 0.2) is 36.4 Å². The van der Waals surface area contributed by atoms with Gasteiger partial charge in [-0.05, 0) is 42.7 Å². The Labute approximate surface area is 144 Å². The predicted molar refractivity (Wildman–Crippen MR) is 93.4 cm³/mol. The van der Waals surface area contributed by atoms with E-state index >= 15 is 0 Å². The number of carbonyl (C=O) groups is 3. The molecule has 3 amide bonds. The first-order chi connectivity index (χ1) is 11.8. The van der Waals surface area contributed by atoms with Gasteiger partial charge < -0.3 is 16.2 Å². The van der Waals surface area contributed by atoms with Crippen molar-refractivity contribution in [2.45, 2.75) is 20.4 Å². The van der Waals surface area contributed by atoms with Gasteiger partial charge in [-0.3, -0.25) is 10.1 Å². The Morgan fingerprint density at radius 1 is 1.04 bits per heavy atom. The van der Waals surface area contributed by atoms with Crippen molar-refractivity contribution in [3.8, 4) is 0 Å². The van der Waals surface area contributed by atoms with Gasteiger partial charge in [-0.25, -0.2) is 9.59 Å². The van der Waals surface area contributed by atoms with Gasteiger partial charge in [-0.1, -0.05) is 24.3 Å². The molecular weight excluding hydrogens is 322 g/mol. The first-order valence-corrected chi connectivity index (χ1v) is 7.57. The topological polar surface area (TPSA) is 122 Å². The fourth-order valence-electron chi connectivity index (χ4n) is 2.51. The van der Waals surface area contributed by atoms with Crippen LogP contribution in [-0.4, -0.2) is 23.0 Å². The van der Waals surface area contributed by atoms with Gasteiger partial charge in [0, 0.05) is 12.2 Å². The molecule has 2 aromatic carbocycles. The third kappa shape index (κ3) is 4.14. The van der Waals surface area contributed by atoms with Crippen LogP contribution in [0.1, 0.15) is 37.4 Å². The van der Waals surface area contributed by atoms with Gasteiger partial charge in [0.1, 0.15) is 0 Å². The lowest BCUT2D eigenvalue weighted by molar-refractivity contribution is 0.0691. The van der Waals surface area contributed by atoms with E-state index in [1.807, 2.05) is 32.0 Å². The Bertz CT molecular complexity index is 826. The molecule has 0 spiro atoms. The maximum atomic E-state index is 12.2. The van der Waals surface area contributed by atoms with Gasteiger partial charge in [0.15, 0.2) is 0 Å². The van der Waals surface area contributed by atoms with E-state index in [9.17, 15) is 14.4 Å². The van der Waals surface area contributed by atoms with Gasteiger partial charge in [-0.2, -0.15) is 0 Å². The molecule has 0 saturated heterocycles. The zero-order valence-electron chi connectivity index (χ0n) is 13.9. The summed E-state index contributed by atoms with van der Waals surface area (Å²) in [7, 11) is 0. The standard InChI is InChI=1S/C18H19N3O4/c1-10-5-3-6-11(2)13(10)9-20-18(25)21-16(22)15-12(17(23)24)7-4-8-14(15)19/h3-8H,9,19H2,1-2H3,(H,23,24)(H2,20,21,22,25). The predicted octanol–water partition coefficient (Wildman–Crippen LogP) is 2.22. The Kier molecular flexibility index (Phi) is 5.38. The van der Waals surface area contributed by atoms with Crippen LogP contribution in [0, 0.1) is 13.8 Å². The molecule has 0 bridgehead atoms. The highest BCUT2D eigenvalue weighted by molar-refractivity contribution is 6.12. The first-order valence-electron chi connectivity index (χ1n) is 7.57. The third-order valence-electron chi connectivity index (χ3n) is 3.85. The van der Waals surface area contributed by atoms with Crippen molar-refractivity contribution in [2.24, 2.45) is 0 Å². The zero-order chi connectivity index (χ0) is 18.6. The summed E-state index contributed by atoms with van der Waals surface area (Å²) in [4.78, 5) is 35.4. The van der Waals surface area contributed by atoms with E-state index in [1.165, 1.54) is 18.2 Å². The number of imide groups is 1. The number of nitrogens with one attached hydrogen (secondary N) is 2. The number of benzene rings is 2. The number of nitrogen functional groups attached to an aromatic ring is 1. The molecule has 0 saturated carbocycles. The Morgan fingerprint density at radius 3 is 2.24 bits per heavy atom. The van der Waals surface area contributed by atoms with E-state index in [1.54, 1.807) is 0 Å². The molecule has 0 aliphatic carbocycles. The van der Waals surface area contributed by atoms with Crippen LogP contribution in [-0.2, 0) is 6.54 Å². The van der Waals surface area contributed by atoms with Crippen molar-refractivity contribution in [2.75, 3.05) is 5.73 Å². The third-order valence-corrected chi connectivity index (χ3v) is 3.85. The fraction of sp³-hybridized carbons (Fsp3) is 0.167. The van der Waals surface area contributed by atoms with Gasteiger partial charge in [0.05, 0.1) is 11.1 Å². The summed E-state index contributed by atoms with van der Waals surface area (Å²) in [5.74, 6) is -2.16. The normalized spacial score (nSPS) is 10.2. The molecule has 0 radical (unpaired) electrons. The lowest BCUT2D eigenvalue weighted by Gasteiger charge is -2.12. The molecule has 25 heavy (non-hydrogen) atoms. The lowest BCUT2D eigenvalue weighted by Crippen LogP contribution is -2.40. The SMILES string of the molecule is Cc1cccc(C)c1CNC(=O)NC(=O)c1c(N)cccc1C(=O)O. The maximum absolute atomic E-state index is 12.2. The fourth-order valence-corrected chi connectivity index (χ4v) is 2.51. The van der Waals surface area contributed by atoms with Crippen LogP contribution >= 0.6 is 0 Å². The lowest BCUT2D eigenvalue weighted by atomic mass is 10.0. The summed E-state index contributed by atoms with van der Waals surface area (Å²) < 4.78 is 0. The highest BCUT2D eigenvalue weighted by Gasteiger charge is 2.21. The largest absolute Gasteiger partial charge is 0.478 e. The van der Waals surface area contributed by atoms with E-state index in [4.69, 9.17) is 10.8 Å². The van der Waals surface area contributed by atoms with Crippen LogP contribution in [0.3, 0.4) is 0 Å². The number of anilines is 1. The van der Waals surface area contributed by atoms with Gasteiger partial charge in [0.2, 0.25) is 0 Å². The second-order valence-corrected chi connectivity index (χ2v) is 5.58. The quantitative estimate of drug-likeness (QED) is 0.635. The Morgan fingerprint density at radius 2 is 1.64 bits per heavy atom. The molecule has 2 rings (SSSR count). The minimum Gasteiger partial charge on any atom is -0.478 e. The molecule has 7 nitrogen and oxygen atoms in total. The molecule has 0 atom stereocenters. The van der Waals surface area contributed by atoms with E-state index in [0.717, 1.165) is 16.7 Å². The van der Waals surface area contributed by atoms with Gasteiger partial charge >= 0.3 is 12.0 Å². The molecule has 0 heterocycles. The molecule has 0 fully saturated rings. The Hall–Kier alpha value is -3.35. The summed E-state index contributed by atoms with van der Waals surface area (Å²) in [5, 5.41) is 13.8. The van der Waals surface area contributed by atoms with Crippen LogP contribution in [0.5, 0.6) is 0 Å². The minimum atomic E-state index is -1.30. The number of rotatable bonds is 4. The number of aryl methyl sites for hydroxylation is 2. The Balaban J connectivity index is 2.09. The molecule has 130 valence electrons. The maximum Gasteiger partial charge on any atom is 0.336 e. The number of urea groups is 1. The van der Waals surface area contributed by atoms with Crippen LogP contribution in [0.4, 0.5) is 10.5 Å². The average Bonchev–Trinajstić information content (AvgIpc) is 2.53. The van der Waals surface area contributed by atoms with E-state index < -0.39 is 17.9 Å². The van der Waals surface area contributed by atoms with Crippen LogP contribution in [0.2, 0.25) is 0 Å². The summed E-state index contributed by atoms with van der Waals surface area (Å²) in [6, 6.07) is 9.12. The van der Waals surface area contributed by atoms with Crippen LogP contribution in [0.25, 0.3) is 0 Å². The minimum absolute atomic E-state index is 0.0139. The van der Waals surface area contributed by atoms with E-state index in [-0.39, 0.29) is 23.4 Å². The highest BCUT2D eigenvalue weighted by atomic mass is 16.4. The number of carboxylic acid groups (broad SMARTS) is 1. The molecule has 0 aliphatic rings. The molecular formula is C18H19N3O4. The number of nitrogens with two attached hydrogens (primary N) is 1. The number of carboxylic acids is 1. The van der Waals surface area contributed by atoms with Crippen molar-refractivity contribution in [1.82, 2.24) is 10.6 Å². The zero-order valence-corrected chi connectivity index (χ0v) is 13.9. The van der Waals surface area contributed by atoms with E-state index in [0.29, 0.717) is 0 Å². The smallest absolute Gasteiger partial charge is 0.336 e. The molecule has 7 heteroatoms. The van der Waals surface area contributed by atoms with Crippen molar-refractivity contribution in [1.29, 1.82) is 0 Å². The van der Waals surface area contributed by atoms with Crippen molar-refractivity contribution in [3.63, 3.8) is 0 Å². The summed E-state index contributed by atoms with van der Waals surface area (Å²) in [5.41, 5.74) is 8.16. The molecule has 5 N–H and O–H groups in total. The van der Waals surface area contributed by atoms with E-state index in [2.05, 4.69) is 10.6 Å². The summed E-state index contributed by atoms with van der Waals surface area (Å²) in [6.45, 7) is 4.10.